The predicted molar refractivity (Wildman–Crippen MR) is 68.3 cm³/mol. The molecule has 17 heavy (non-hydrogen) atoms. The Balaban J connectivity index is 2.49. The average molecular weight is 283 g/mol. The highest BCUT2D eigenvalue weighted by Crippen LogP contribution is 2.22. The molecule has 0 saturated carbocycles. The van der Waals surface area contributed by atoms with Gasteiger partial charge in [-0.15, -0.1) is 0 Å². The van der Waals surface area contributed by atoms with Gasteiger partial charge in [-0.25, -0.2) is 16.8 Å². The summed E-state index contributed by atoms with van der Waals surface area (Å²) in [5, 5.41) is -0.401. The van der Waals surface area contributed by atoms with Gasteiger partial charge in [-0.1, -0.05) is 0 Å². The fraction of sp³-hybridized carbons (Fsp3) is 1.00. The third kappa shape index (κ3) is 4.22. The Bertz CT molecular complexity index is 453. The minimum absolute atomic E-state index is 0.0440. The van der Waals surface area contributed by atoms with Crippen LogP contribution in [0.5, 0.6) is 0 Å². The molecule has 0 aromatic heterocycles. The Morgan fingerprint density at radius 2 is 1.94 bits per heavy atom. The van der Waals surface area contributed by atoms with Crippen molar-refractivity contribution in [2.75, 3.05) is 17.3 Å². The molecule has 5 nitrogen and oxygen atoms in total. The number of hydrogen-bond acceptors (Lipinski definition) is 5. The lowest BCUT2D eigenvalue weighted by Crippen LogP contribution is -2.34. The quantitative estimate of drug-likeness (QED) is 0.764. The molecule has 2 atom stereocenters. The van der Waals surface area contributed by atoms with Gasteiger partial charge in [0.05, 0.1) is 22.5 Å². The summed E-state index contributed by atoms with van der Waals surface area (Å²) >= 11 is 0. The van der Waals surface area contributed by atoms with Crippen molar-refractivity contribution in [3.8, 4) is 0 Å². The van der Waals surface area contributed by atoms with E-state index in [1.165, 1.54) is 0 Å². The molecule has 1 fully saturated rings. The smallest absolute Gasteiger partial charge is 0.152 e. The third-order valence-corrected chi connectivity index (χ3v) is 7.36. The van der Waals surface area contributed by atoms with Gasteiger partial charge in [0, 0.05) is 6.04 Å². The summed E-state index contributed by atoms with van der Waals surface area (Å²) < 4.78 is 45.8. The van der Waals surface area contributed by atoms with Gasteiger partial charge in [0.15, 0.2) is 19.7 Å². The molecule has 1 heterocycles. The lowest BCUT2D eigenvalue weighted by atomic mass is 9.98. The van der Waals surface area contributed by atoms with Crippen molar-refractivity contribution in [3.05, 3.63) is 0 Å². The van der Waals surface area contributed by atoms with Crippen molar-refractivity contribution < 1.29 is 16.8 Å². The molecule has 0 radical (unpaired) electrons. The van der Waals surface area contributed by atoms with E-state index in [2.05, 4.69) is 0 Å². The van der Waals surface area contributed by atoms with E-state index in [0.29, 0.717) is 12.8 Å². The number of hydrogen-bond donors (Lipinski definition) is 1. The number of sulfone groups is 2. The van der Waals surface area contributed by atoms with E-state index >= 15 is 0 Å². The summed E-state index contributed by atoms with van der Waals surface area (Å²) in [6.07, 6.45) is 0.909. The maximum absolute atomic E-state index is 11.6. The van der Waals surface area contributed by atoms with E-state index in [4.69, 9.17) is 5.73 Å². The molecule has 0 bridgehead atoms. The second-order valence-electron chi connectivity index (χ2n) is 5.03. The lowest BCUT2D eigenvalue weighted by Gasteiger charge is -2.18. The van der Waals surface area contributed by atoms with Crippen LogP contribution in [0.4, 0.5) is 0 Å². The molecule has 1 aliphatic heterocycles. The van der Waals surface area contributed by atoms with Crippen molar-refractivity contribution in [2.45, 2.75) is 38.0 Å². The zero-order valence-corrected chi connectivity index (χ0v) is 11.9. The first-order valence-corrected chi connectivity index (χ1v) is 9.35. The van der Waals surface area contributed by atoms with Gasteiger partial charge in [-0.05, 0) is 32.6 Å². The van der Waals surface area contributed by atoms with E-state index in [1.807, 2.05) is 0 Å². The fourth-order valence-electron chi connectivity index (χ4n) is 1.93. The van der Waals surface area contributed by atoms with E-state index in [-0.39, 0.29) is 29.2 Å². The van der Waals surface area contributed by atoms with E-state index < -0.39 is 24.9 Å². The molecular weight excluding hydrogens is 262 g/mol. The summed E-state index contributed by atoms with van der Waals surface area (Å²) in [5.74, 6) is 0.253. The van der Waals surface area contributed by atoms with Gasteiger partial charge in [-0.3, -0.25) is 0 Å². The second-order valence-corrected chi connectivity index (χ2v) is 9.94. The summed E-state index contributed by atoms with van der Waals surface area (Å²) in [6, 6.07) is -0.333. The third-order valence-electron chi connectivity index (χ3n) is 3.33. The molecule has 1 aliphatic rings. The molecule has 1 rings (SSSR count). The highest BCUT2D eigenvalue weighted by atomic mass is 32.2. The fourth-order valence-corrected chi connectivity index (χ4v) is 4.90. The van der Waals surface area contributed by atoms with Crippen LogP contribution < -0.4 is 5.73 Å². The van der Waals surface area contributed by atoms with Crippen LogP contribution in [-0.2, 0) is 19.7 Å². The van der Waals surface area contributed by atoms with Crippen LogP contribution in [0.2, 0.25) is 0 Å². The van der Waals surface area contributed by atoms with Crippen LogP contribution in [-0.4, -0.2) is 45.4 Å². The van der Waals surface area contributed by atoms with Crippen molar-refractivity contribution in [1.82, 2.24) is 0 Å². The SMILES string of the molecule is CC(C)S(=O)(=O)CCC(N)C1CCS(=O)(=O)C1. The van der Waals surface area contributed by atoms with Crippen molar-refractivity contribution in [1.29, 1.82) is 0 Å². The standard InChI is InChI=1S/C10H21NO4S2/c1-8(2)17(14,15)6-4-10(11)9-3-5-16(12,13)7-9/h8-10H,3-7,11H2,1-2H3. The summed E-state index contributed by atoms with van der Waals surface area (Å²) in [7, 11) is -6.02. The van der Waals surface area contributed by atoms with E-state index in [1.54, 1.807) is 13.8 Å². The monoisotopic (exact) mass is 283 g/mol. The zero-order chi connectivity index (χ0) is 13.3. The molecule has 0 aliphatic carbocycles. The molecule has 0 aromatic carbocycles. The predicted octanol–water partition coefficient (Wildman–Crippen LogP) is -0.0383. The van der Waals surface area contributed by atoms with Crippen molar-refractivity contribution in [3.63, 3.8) is 0 Å². The first-order chi connectivity index (χ1) is 7.64. The molecule has 2 unspecified atom stereocenters. The van der Waals surface area contributed by atoms with Crippen LogP contribution in [0.15, 0.2) is 0 Å². The number of rotatable bonds is 5. The van der Waals surface area contributed by atoms with Gasteiger partial charge < -0.3 is 5.73 Å². The first-order valence-electron chi connectivity index (χ1n) is 5.81. The van der Waals surface area contributed by atoms with Gasteiger partial charge in [0.25, 0.3) is 0 Å². The molecule has 7 heteroatoms. The molecule has 1 saturated heterocycles. The Labute approximate surface area is 104 Å². The van der Waals surface area contributed by atoms with Crippen LogP contribution >= 0.6 is 0 Å². The maximum atomic E-state index is 11.6. The minimum atomic E-state index is -3.08. The van der Waals surface area contributed by atoms with Crippen LogP contribution in [0.25, 0.3) is 0 Å². The summed E-state index contributed by atoms with van der Waals surface area (Å²) in [5.41, 5.74) is 5.88. The lowest BCUT2D eigenvalue weighted by molar-refractivity contribution is 0.451. The van der Waals surface area contributed by atoms with Gasteiger partial charge in [0.1, 0.15) is 0 Å². The van der Waals surface area contributed by atoms with Crippen LogP contribution in [0.3, 0.4) is 0 Å². The van der Waals surface area contributed by atoms with Gasteiger partial charge in [0.2, 0.25) is 0 Å². The molecule has 0 amide bonds. The molecule has 102 valence electrons. The van der Waals surface area contributed by atoms with Crippen LogP contribution in [0.1, 0.15) is 26.7 Å². The maximum Gasteiger partial charge on any atom is 0.152 e. The van der Waals surface area contributed by atoms with Crippen LogP contribution in [0, 0.1) is 5.92 Å². The Morgan fingerprint density at radius 1 is 1.35 bits per heavy atom. The van der Waals surface area contributed by atoms with E-state index in [9.17, 15) is 16.8 Å². The topological polar surface area (TPSA) is 94.3 Å². The largest absolute Gasteiger partial charge is 0.327 e. The Morgan fingerprint density at radius 3 is 2.35 bits per heavy atom. The zero-order valence-electron chi connectivity index (χ0n) is 10.3. The molecular formula is C10H21NO4S2. The van der Waals surface area contributed by atoms with E-state index in [0.717, 1.165) is 0 Å². The highest BCUT2D eigenvalue weighted by molar-refractivity contribution is 7.92. The molecule has 0 spiro atoms. The first kappa shape index (κ1) is 14.9. The second kappa shape index (κ2) is 5.24. The Kier molecular flexibility index (Phi) is 4.60. The molecule has 2 N–H and O–H groups in total. The summed E-state index contributed by atoms with van der Waals surface area (Å²) in [6.45, 7) is 3.28. The van der Waals surface area contributed by atoms with Gasteiger partial charge in [-0.2, -0.15) is 0 Å². The number of nitrogens with two attached hydrogens (primary N) is 1. The van der Waals surface area contributed by atoms with Gasteiger partial charge >= 0.3 is 0 Å². The highest BCUT2D eigenvalue weighted by Gasteiger charge is 2.32. The molecule has 0 aromatic rings. The summed E-state index contributed by atoms with van der Waals surface area (Å²) in [4.78, 5) is 0. The van der Waals surface area contributed by atoms with Crippen molar-refractivity contribution in [2.24, 2.45) is 11.7 Å². The minimum Gasteiger partial charge on any atom is -0.327 e. The normalized spacial score (nSPS) is 26.2. The average Bonchev–Trinajstić information content (AvgIpc) is 2.55. The Hall–Kier alpha value is -0.140. The van der Waals surface area contributed by atoms with Crippen molar-refractivity contribution >= 4 is 19.7 Å².